The highest BCUT2D eigenvalue weighted by atomic mass is 15.0. The van der Waals surface area contributed by atoms with E-state index < -0.39 is 0 Å². The van der Waals surface area contributed by atoms with E-state index in [1.807, 2.05) is 49.1 Å². The highest BCUT2D eigenvalue weighted by Gasteiger charge is 2.08. The molecule has 0 N–H and O–H groups in total. The van der Waals surface area contributed by atoms with Crippen molar-refractivity contribution in [3.05, 3.63) is 98.1 Å². The summed E-state index contributed by atoms with van der Waals surface area (Å²) in [4.78, 5) is 8.13. The Morgan fingerprint density at radius 1 is 0.462 bits per heavy atom. The Hall–Kier alpha value is -3.40. The van der Waals surface area contributed by atoms with E-state index >= 15 is 0 Å². The van der Waals surface area contributed by atoms with Gasteiger partial charge in [0.15, 0.2) is 24.8 Å². The first-order chi connectivity index (χ1) is 12.9. The van der Waals surface area contributed by atoms with Crippen molar-refractivity contribution >= 4 is 0 Å². The lowest BCUT2D eigenvalue weighted by Gasteiger charge is -2.01. The van der Waals surface area contributed by atoms with E-state index in [0.29, 0.717) is 0 Å². The minimum Gasteiger partial charge on any atom is -0.265 e. The summed E-state index contributed by atoms with van der Waals surface area (Å²) in [6, 6.07) is 16.7. The third-order valence-corrected chi connectivity index (χ3v) is 4.43. The maximum absolute atomic E-state index is 4.07. The van der Waals surface area contributed by atoms with Gasteiger partial charge in [0, 0.05) is 49.1 Å². The van der Waals surface area contributed by atoms with Crippen molar-refractivity contribution in [2.24, 2.45) is 0 Å². The number of aryl methyl sites for hydroxylation is 2. The molecule has 0 saturated heterocycles. The SMILES string of the molecule is c1cc(-c2cc[n+](CC[n+]3ccc(-c4ccncc4)cc3)cc2)ccn1. The van der Waals surface area contributed by atoms with Crippen molar-refractivity contribution in [3.8, 4) is 22.3 Å². The third kappa shape index (κ3) is 3.81. The van der Waals surface area contributed by atoms with Gasteiger partial charge in [0.05, 0.1) is 0 Å². The van der Waals surface area contributed by atoms with Gasteiger partial charge < -0.3 is 0 Å². The van der Waals surface area contributed by atoms with Crippen molar-refractivity contribution in [1.29, 1.82) is 0 Å². The maximum Gasteiger partial charge on any atom is 0.206 e. The van der Waals surface area contributed by atoms with Crippen LogP contribution in [0.2, 0.25) is 0 Å². The average Bonchev–Trinajstić information content (AvgIpc) is 2.74. The van der Waals surface area contributed by atoms with Gasteiger partial charge in [0.25, 0.3) is 0 Å². The number of nitrogens with zero attached hydrogens (tertiary/aromatic N) is 4. The molecule has 26 heavy (non-hydrogen) atoms. The Kier molecular flexibility index (Phi) is 4.74. The molecule has 0 saturated carbocycles. The maximum atomic E-state index is 4.07. The van der Waals surface area contributed by atoms with Crippen LogP contribution in [0.3, 0.4) is 0 Å². The first-order valence-electron chi connectivity index (χ1n) is 8.67. The van der Waals surface area contributed by atoms with Crippen LogP contribution in [0.5, 0.6) is 0 Å². The molecule has 0 aromatic carbocycles. The van der Waals surface area contributed by atoms with Crippen LogP contribution in [-0.2, 0) is 13.1 Å². The topological polar surface area (TPSA) is 33.5 Å². The van der Waals surface area contributed by atoms with Crippen molar-refractivity contribution in [3.63, 3.8) is 0 Å². The summed E-state index contributed by atoms with van der Waals surface area (Å²) in [7, 11) is 0. The molecule has 4 nitrogen and oxygen atoms in total. The van der Waals surface area contributed by atoms with Crippen LogP contribution in [0.4, 0.5) is 0 Å². The van der Waals surface area contributed by atoms with Crippen molar-refractivity contribution in [2.45, 2.75) is 13.1 Å². The molecular formula is C22H20N4+2. The number of pyridine rings is 4. The summed E-state index contributed by atoms with van der Waals surface area (Å²) in [5, 5.41) is 0. The van der Waals surface area contributed by atoms with Gasteiger partial charge in [-0.15, -0.1) is 0 Å². The largest absolute Gasteiger partial charge is 0.265 e. The zero-order valence-corrected chi connectivity index (χ0v) is 14.4. The summed E-state index contributed by atoms with van der Waals surface area (Å²) in [6.07, 6.45) is 15.8. The molecule has 0 aliphatic carbocycles. The van der Waals surface area contributed by atoms with Gasteiger partial charge in [0.1, 0.15) is 0 Å². The molecule has 0 atom stereocenters. The standard InChI is InChI=1S/C22H20N4/c1-9-23-10-2-19(1)21-5-13-25(14-6-21)17-18-26-15-7-22(8-16-26)20-3-11-24-12-4-20/h1-16H,17-18H2/q+2. The number of aromatic nitrogens is 4. The molecule has 4 aromatic rings. The molecule has 4 rings (SSSR count). The molecule has 4 heteroatoms. The van der Waals surface area contributed by atoms with Gasteiger partial charge in [-0.3, -0.25) is 9.97 Å². The highest BCUT2D eigenvalue weighted by Crippen LogP contribution is 2.16. The van der Waals surface area contributed by atoms with Gasteiger partial charge >= 0.3 is 0 Å². The van der Waals surface area contributed by atoms with Crippen molar-refractivity contribution < 1.29 is 9.13 Å². The summed E-state index contributed by atoms with van der Waals surface area (Å²) in [5.41, 5.74) is 4.79. The van der Waals surface area contributed by atoms with E-state index in [2.05, 4.69) is 68.2 Å². The molecule has 4 heterocycles. The van der Waals surface area contributed by atoms with Crippen LogP contribution < -0.4 is 9.13 Å². The first kappa shape index (κ1) is 16.1. The Morgan fingerprint density at radius 3 is 1.12 bits per heavy atom. The molecule has 0 aliphatic heterocycles. The quantitative estimate of drug-likeness (QED) is 0.523. The second-order valence-electron chi connectivity index (χ2n) is 6.12. The zero-order valence-electron chi connectivity index (χ0n) is 14.4. The zero-order chi connectivity index (χ0) is 17.6. The molecule has 0 fully saturated rings. The van der Waals surface area contributed by atoms with Crippen LogP contribution in [0, 0.1) is 0 Å². The molecule has 0 unspecified atom stereocenters. The molecule has 4 aromatic heterocycles. The summed E-state index contributed by atoms with van der Waals surface area (Å²) in [5.74, 6) is 0. The summed E-state index contributed by atoms with van der Waals surface area (Å²) < 4.78 is 4.41. The number of rotatable bonds is 5. The summed E-state index contributed by atoms with van der Waals surface area (Å²) in [6.45, 7) is 1.85. The van der Waals surface area contributed by atoms with Gasteiger partial charge in [-0.2, -0.15) is 9.13 Å². The monoisotopic (exact) mass is 340 g/mol. The number of hydrogen-bond donors (Lipinski definition) is 0. The predicted molar refractivity (Wildman–Crippen MR) is 99.7 cm³/mol. The lowest BCUT2D eigenvalue weighted by atomic mass is 10.1. The van der Waals surface area contributed by atoms with Crippen LogP contribution >= 0.6 is 0 Å². The average molecular weight is 340 g/mol. The molecule has 0 radical (unpaired) electrons. The highest BCUT2D eigenvalue weighted by molar-refractivity contribution is 5.61. The summed E-state index contributed by atoms with van der Waals surface area (Å²) >= 11 is 0. The lowest BCUT2D eigenvalue weighted by Crippen LogP contribution is -2.43. The third-order valence-electron chi connectivity index (χ3n) is 4.43. The fraction of sp³-hybridized carbons (Fsp3) is 0.0909. The Balaban J connectivity index is 1.40. The van der Waals surface area contributed by atoms with Crippen LogP contribution in [-0.4, -0.2) is 9.97 Å². The van der Waals surface area contributed by atoms with Gasteiger partial charge in [0.2, 0.25) is 13.1 Å². The Labute approximate surface area is 153 Å². The fourth-order valence-electron chi connectivity index (χ4n) is 2.92. The minimum atomic E-state index is 0.926. The molecule has 0 bridgehead atoms. The predicted octanol–water partition coefficient (Wildman–Crippen LogP) is 3.09. The fourth-order valence-corrected chi connectivity index (χ4v) is 2.92. The smallest absolute Gasteiger partial charge is 0.206 e. The van der Waals surface area contributed by atoms with E-state index in [9.17, 15) is 0 Å². The van der Waals surface area contributed by atoms with E-state index in [-0.39, 0.29) is 0 Å². The molecular weight excluding hydrogens is 320 g/mol. The Morgan fingerprint density at radius 2 is 0.769 bits per heavy atom. The van der Waals surface area contributed by atoms with E-state index in [1.165, 1.54) is 22.3 Å². The normalized spacial score (nSPS) is 10.6. The molecule has 0 spiro atoms. The van der Waals surface area contributed by atoms with E-state index in [0.717, 1.165) is 13.1 Å². The second kappa shape index (κ2) is 7.66. The molecule has 0 amide bonds. The van der Waals surface area contributed by atoms with E-state index in [4.69, 9.17) is 0 Å². The van der Waals surface area contributed by atoms with Crippen molar-refractivity contribution in [1.82, 2.24) is 9.97 Å². The first-order valence-corrected chi connectivity index (χ1v) is 8.67. The van der Waals surface area contributed by atoms with Crippen molar-refractivity contribution in [2.75, 3.05) is 0 Å². The Bertz CT molecular complexity index is 867. The minimum absolute atomic E-state index is 0.926. The second-order valence-corrected chi connectivity index (χ2v) is 6.12. The number of hydrogen-bond acceptors (Lipinski definition) is 2. The van der Waals surface area contributed by atoms with Gasteiger partial charge in [-0.25, -0.2) is 0 Å². The molecule has 126 valence electrons. The molecule has 0 aliphatic rings. The van der Waals surface area contributed by atoms with Crippen LogP contribution in [0.1, 0.15) is 0 Å². The van der Waals surface area contributed by atoms with Crippen LogP contribution in [0.15, 0.2) is 98.1 Å². The lowest BCUT2D eigenvalue weighted by molar-refractivity contribution is -0.778. The van der Waals surface area contributed by atoms with Gasteiger partial charge in [-0.05, 0) is 46.5 Å². The van der Waals surface area contributed by atoms with Crippen LogP contribution in [0.25, 0.3) is 22.3 Å². The van der Waals surface area contributed by atoms with E-state index in [1.54, 1.807) is 0 Å². The van der Waals surface area contributed by atoms with Gasteiger partial charge in [-0.1, -0.05) is 0 Å².